The van der Waals surface area contributed by atoms with Crippen LogP contribution in [0.15, 0.2) is 35.5 Å². The lowest BCUT2D eigenvalue weighted by atomic mass is 10.1. The first-order valence-corrected chi connectivity index (χ1v) is 11.9. The normalized spacial score (nSPS) is 18.6. The molecule has 0 spiro atoms. The molecule has 2 aliphatic rings. The quantitative estimate of drug-likeness (QED) is 0.712. The Kier molecular flexibility index (Phi) is 6.67. The van der Waals surface area contributed by atoms with Gasteiger partial charge in [-0.25, -0.2) is 4.98 Å². The van der Waals surface area contributed by atoms with Gasteiger partial charge in [0.15, 0.2) is 10.3 Å². The maximum Gasteiger partial charge on any atom is 0.262 e. The Morgan fingerprint density at radius 3 is 2.74 bits per heavy atom. The van der Waals surface area contributed by atoms with Crippen molar-refractivity contribution in [2.45, 2.75) is 37.9 Å². The molecular weight excluding hydrogens is 434 g/mol. The van der Waals surface area contributed by atoms with Gasteiger partial charge in [-0.3, -0.25) is 19.7 Å². The summed E-state index contributed by atoms with van der Waals surface area (Å²) in [6.45, 7) is 3.73. The van der Waals surface area contributed by atoms with Crippen molar-refractivity contribution in [2.75, 3.05) is 23.7 Å². The number of amides is 3. The summed E-state index contributed by atoms with van der Waals surface area (Å²) in [5.41, 5.74) is 0.910. The maximum atomic E-state index is 12.5. The zero-order valence-corrected chi connectivity index (χ0v) is 18.7. The number of hydrogen-bond acceptors (Lipinski definition) is 7. The van der Waals surface area contributed by atoms with E-state index in [-0.39, 0.29) is 24.1 Å². The van der Waals surface area contributed by atoms with Crippen LogP contribution >= 0.6 is 23.1 Å². The number of amidine groups is 1. The highest BCUT2D eigenvalue weighted by Gasteiger charge is 2.33. The molecule has 4 rings (SSSR count). The average molecular weight is 458 g/mol. The van der Waals surface area contributed by atoms with Gasteiger partial charge >= 0.3 is 0 Å². The highest BCUT2D eigenvalue weighted by atomic mass is 32.2. The first-order valence-electron chi connectivity index (χ1n) is 10.2. The lowest BCUT2D eigenvalue weighted by Gasteiger charge is -2.27. The fourth-order valence-corrected chi connectivity index (χ4v) is 5.21. The molecule has 1 atom stereocenters. The van der Waals surface area contributed by atoms with Crippen LogP contribution in [0, 0.1) is 6.92 Å². The van der Waals surface area contributed by atoms with Crippen LogP contribution in [0.4, 0.5) is 10.8 Å². The van der Waals surface area contributed by atoms with Crippen LogP contribution in [-0.2, 0) is 9.59 Å². The molecule has 3 heterocycles. The molecule has 0 aliphatic carbocycles. The van der Waals surface area contributed by atoms with Crippen molar-refractivity contribution in [1.82, 2.24) is 9.88 Å². The molecular formula is C21H23N5O3S2. The molecule has 1 aromatic carbocycles. The molecule has 8 nitrogen and oxygen atoms in total. The van der Waals surface area contributed by atoms with Gasteiger partial charge in [-0.05, 0) is 44.4 Å². The number of carbonyl (C=O) groups is 3. The molecule has 1 aromatic heterocycles. The fourth-order valence-electron chi connectivity index (χ4n) is 3.43. The number of anilines is 2. The van der Waals surface area contributed by atoms with Gasteiger partial charge < -0.3 is 10.2 Å². The predicted octanol–water partition coefficient (Wildman–Crippen LogP) is 3.52. The summed E-state index contributed by atoms with van der Waals surface area (Å²) in [6, 6.07) is 6.68. The van der Waals surface area contributed by atoms with Crippen molar-refractivity contribution in [1.29, 1.82) is 0 Å². The smallest absolute Gasteiger partial charge is 0.262 e. The van der Waals surface area contributed by atoms with E-state index in [4.69, 9.17) is 0 Å². The van der Waals surface area contributed by atoms with Crippen molar-refractivity contribution in [3.63, 3.8) is 0 Å². The van der Waals surface area contributed by atoms with Crippen molar-refractivity contribution in [2.24, 2.45) is 4.99 Å². The number of nitrogens with one attached hydrogen (secondary N) is 2. The predicted molar refractivity (Wildman–Crippen MR) is 124 cm³/mol. The minimum absolute atomic E-state index is 0.0408. The van der Waals surface area contributed by atoms with Crippen LogP contribution in [0.1, 0.15) is 40.9 Å². The Bertz CT molecular complexity index is 1030. The second kappa shape index (κ2) is 9.61. The molecule has 2 aromatic rings. The number of carbonyl (C=O) groups excluding carboxylic acids is 3. The van der Waals surface area contributed by atoms with Crippen LogP contribution in [0.2, 0.25) is 0 Å². The second-order valence-corrected chi connectivity index (χ2v) is 9.85. The van der Waals surface area contributed by atoms with Crippen LogP contribution in [0.3, 0.4) is 0 Å². The van der Waals surface area contributed by atoms with Gasteiger partial charge in [0.1, 0.15) is 5.25 Å². The summed E-state index contributed by atoms with van der Waals surface area (Å²) in [6.07, 6.45) is 5.14. The lowest BCUT2D eigenvalue weighted by molar-refractivity contribution is -0.121. The standard InChI is InChI=1S/C21H23N5O3S2/c1-13-12-22-20(30-13)24-18(28)14-6-5-7-15(10-14)23-17(27)11-16-19(29)25-21(31-16)26-8-3-2-4-9-26/h5-7,10,12,16H,2-4,8-9,11H2,1H3,(H,23,27)(H,22,24,28)/t16-/m0/s1. The Balaban J connectivity index is 1.32. The van der Waals surface area contributed by atoms with Gasteiger partial charge in [-0.1, -0.05) is 17.8 Å². The van der Waals surface area contributed by atoms with Gasteiger partial charge in [0.25, 0.3) is 11.8 Å². The Labute approximate surface area is 188 Å². The van der Waals surface area contributed by atoms with E-state index < -0.39 is 5.25 Å². The van der Waals surface area contributed by atoms with Gasteiger partial charge in [0, 0.05) is 41.8 Å². The molecule has 2 N–H and O–H groups in total. The Morgan fingerprint density at radius 1 is 1.19 bits per heavy atom. The van der Waals surface area contributed by atoms with Gasteiger partial charge in [-0.15, -0.1) is 11.3 Å². The van der Waals surface area contributed by atoms with E-state index in [0.29, 0.717) is 16.4 Å². The van der Waals surface area contributed by atoms with Crippen LogP contribution in [0.25, 0.3) is 0 Å². The molecule has 0 radical (unpaired) electrons. The lowest BCUT2D eigenvalue weighted by Crippen LogP contribution is -2.33. The zero-order chi connectivity index (χ0) is 21.8. The Hall–Kier alpha value is -2.72. The van der Waals surface area contributed by atoms with Crippen LogP contribution in [0.5, 0.6) is 0 Å². The number of rotatable bonds is 5. The second-order valence-electron chi connectivity index (χ2n) is 7.45. The number of hydrogen-bond donors (Lipinski definition) is 2. The van der Waals surface area contributed by atoms with Gasteiger partial charge in [-0.2, -0.15) is 4.99 Å². The molecule has 1 fully saturated rings. The number of aryl methyl sites for hydroxylation is 1. The number of thioether (sulfide) groups is 1. The first kappa shape index (κ1) is 21.5. The first-order chi connectivity index (χ1) is 15.0. The third kappa shape index (κ3) is 5.50. The molecule has 0 unspecified atom stereocenters. The highest BCUT2D eigenvalue weighted by Crippen LogP contribution is 2.29. The number of aromatic nitrogens is 1. The van der Waals surface area contributed by atoms with Crippen LogP contribution < -0.4 is 10.6 Å². The largest absolute Gasteiger partial charge is 0.351 e. The van der Waals surface area contributed by atoms with E-state index in [1.54, 1.807) is 30.5 Å². The summed E-state index contributed by atoms with van der Waals surface area (Å²) in [5.74, 6) is -0.840. The number of benzene rings is 1. The molecule has 1 saturated heterocycles. The number of nitrogens with zero attached hydrogens (tertiary/aromatic N) is 3. The number of thiazole rings is 1. The van der Waals surface area contributed by atoms with E-state index >= 15 is 0 Å². The summed E-state index contributed by atoms with van der Waals surface area (Å²) in [7, 11) is 0. The average Bonchev–Trinajstić information content (AvgIpc) is 3.34. The van der Waals surface area contributed by atoms with Crippen LogP contribution in [-0.4, -0.2) is 51.1 Å². The third-order valence-electron chi connectivity index (χ3n) is 4.98. The van der Waals surface area contributed by atoms with E-state index in [1.165, 1.54) is 29.5 Å². The van der Waals surface area contributed by atoms with Gasteiger partial charge in [0.2, 0.25) is 5.91 Å². The van der Waals surface area contributed by atoms with Crippen molar-refractivity contribution in [3.8, 4) is 0 Å². The highest BCUT2D eigenvalue weighted by molar-refractivity contribution is 8.15. The molecule has 0 saturated carbocycles. The summed E-state index contributed by atoms with van der Waals surface area (Å²) < 4.78 is 0. The minimum Gasteiger partial charge on any atom is -0.351 e. The zero-order valence-electron chi connectivity index (χ0n) is 17.1. The SMILES string of the molecule is Cc1cnc(NC(=O)c2cccc(NC(=O)C[C@@H]3SC(N4CCCCC4)=NC3=O)c2)s1. The van der Waals surface area contributed by atoms with E-state index in [2.05, 4.69) is 25.5 Å². The molecule has 162 valence electrons. The van der Waals surface area contributed by atoms with E-state index in [9.17, 15) is 14.4 Å². The number of piperidine rings is 1. The summed E-state index contributed by atoms with van der Waals surface area (Å²) in [4.78, 5) is 48.7. The molecule has 0 bridgehead atoms. The minimum atomic E-state index is -0.503. The summed E-state index contributed by atoms with van der Waals surface area (Å²) in [5, 5.41) is 6.29. The Morgan fingerprint density at radius 2 is 2.00 bits per heavy atom. The van der Waals surface area contributed by atoms with Gasteiger partial charge in [0.05, 0.1) is 0 Å². The fraction of sp³-hybridized carbons (Fsp3) is 0.381. The molecule has 3 amide bonds. The third-order valence-corrected chi connectivity index (χ3v) is 7.02. The summed E-state index contributed by atoms with van der Waals surface area (Å²) >= 11 is 2.76. The number of likely N-dealkylation sites (tertiary alicyclic amines) is 1. The molecule has 2 aliphatic heterocycles. The molecule has 31 heavy (non-hydrogen) atoms. The van der Waals surface area contributed by atoms with Crippen molar-refractivity contribution >= 4 is 56.8 Å². The molecule has 10 heteroatoms. The van der Waals surface area contributed by atoms with Crippen molar-refractivity contribution < 1.29 is 14.4 Å². The monoisotopic (exact) mass is 457 g/mol. The number of aliphatic imine (C=N–C) groups is 1. The topological polar surface area (TPSA) is 104 Å². The van der Waals surface area contributed by atoms with Crippen molar-refractivity contribution in [3.05, 3.63) is 40.9 Å². The maximum absolute atomic E-state index is 12.5. The van der Waals surface area contributed by atoms with E-state index in [1.807, 2.05) is 6.92 Å². The van der Waals surface area contributed by atoms with E-state index in [0.717, 1.165) is 36.0 Å².